The molecule has 0 fully saturated rings. The summed E-state index contributed by atoms with van der Waals surface area (Å²) in [5.41, 5.74) is 1.25. The number of nitrogens with zero attached hydrogens (tertiary/aromatic N) is 1. The highest BCUT2D eigenvalue weighted by molar-refractivity contribution is 5.75. The van der Waals surface area contributed by atoms with Crippen molar-refractivity contribution < 1.29 is 14.5 Å². The van der Waals surface area contributed by atoms with Crippen LogP contribution in [0.3, 0.4) is 0 Å². The van der Waals surface area contributed by atoms with E-state index in [1.165, 1.54) is 13.2 Å². The van der Waals surface area contributed by atoms with Gasteiger partial charge in [-0.3, -0.25) is 14.9 Å². The van der Waals surface area contributed by atoms with E-state index in [-0.39, 0.29) is 12.2 Å². The number of nitro benzene ring substituents is 1. The molecule has 6 heteroatoms. The predicted octanol–water partition coefficient (Wildman–Crippen LogP) is 1.49. The van der Waals surface area contributed by atoms with Crippen molar-refractivity contribution in [3.63, 3.8) is 0 Å². The zero-order valence-electron chi connectivity index (χ0n) is 9.02. The van der Waals surface area contributed by atoms with Crippen molar-refractivity contribution in [2.24, 2.45) is 0 Å². The van der Waals surface area contributed by atoms with Crippen LogP contribution in [0.1, 0.15) is 5.56 Å². The number of esters is 1. The van der Waals surface area contributed by atoms with Crippen molar-refractivity contribution in [1.29, 1.82) is 0 Å². The molecule has 1 aromatic rings. The number of aryl methyl sites for hydroxylation is 1. The van der Waals surface area contributed by atoms with Crippen LogP contribution in [0.15, 0.2) is 18.2 Å². The van der Waals surface area contributed by atoms with Gasteiger partial charge in [0.2, 0.25) is 0 Å². The van der Waals surface area contributed by atoms with Gasteiger partial charge in [-0.1, -0.05) is 0 Å². The molecule has 1 N–H and O–H groups in total. The zero-order valence-corrected chi connectivity index (χ0v) is 9.02. The van der Waals surface area contributed by atoms with Gasteiger partial charge in [0.05, 0.1) is 12.0 Å². The Hall–Kier alpha value is -2.11. The molecule has 0 amide bonds. The summed E-state index contributed by atoms with van der Waals surface area (Å²) in [6.45, 7) is 1.68. The first-order chi connectivity index (χ1) is 7.54. The van der Waals surface area contributed by atoms with Gasteiger partial charge in [0.1, 0.15) is 6.54 Å². The van der Waals surface area contributed by atoms with Crippen molar-refractivity contribution in [3.8, 4) is 0 Å². The molecule has 0 heterocycles. The van der Waals surface area contributed by atoms with Gasteiger partial charge in [0.15, 0.2) is 0 Å². The molecule has 0 unspecified atom stereocenters. The van der Waals surface area contributed by atoms with E-state index >= 15 is 0 Å². The Balaban J connectivity index is 2.74. The van der Waals surface area contributed by atoms with Crippen LogP contribution in [0.25, 0.3) is 0 Å². The molecular formula is C10H12N2O4. The summed E-state index contributed by atoms with van der Waals surface area (Å²) < 4.78 is 4.45. The molecule has 6 nitrogen and oxygen atoms in total. The van der Waals surface area contributed by atoms with Gasteiger partial charge in [-0.05, 0) is 19.1 Å². The van der Waals surface area contributed by atoms with E-state index in [1.54, 1.807) is 19.1 Å². The van der Waals surface area contributed by atoms with E-state index in [9.17, 15) is 14.9 Å². The number of ether oxygens (including phenoxy) is 1. The van der Waals surface area contributed by atoms with Crippen LogP contribution in [0.4, 0.5) is 11.4 Å². The van der Waals surface area contributed by atoms with E-state index in [1.807, 2.05) is 0 Å². The Kier molecular flexibility index (Phi) is 3.82. The smallest absolute Gasteiger partial charge is 0.325 e. The highest BCUT2D eigenvalue weighted by Gasteiger charge is 2.10. The second-order valence-corrected chi connectivity index (χ2v) is 3.19. The van der Waals surface area contributed by atoms with E-state index in [0.29, 0.717) is 11.3 Å². The van der Waals surface area contributed by atoms with E-state index in [2.05, 4.69) is 10.1 Å². The Morgan fingerprint density at radius 3 is 2.75 bits per heavy atom. The third kappa shape index (κ3) is 2.94. The summed E-state index contributed by atoms with van der Waals surface area (Å²) in [6.07, 6.45) is 0. The average molecular weight is 224 g/mol. The zero-order chi connectivity index (χ0) is 12.1. The average Bonchev–Trinajstić information content (AvgIpc) is 2.25. The summed E-state index contributed by atoms with van der Waals surface area (Å²) in [4.78, 5) is 21.0. The first-order valence-corrected chi connectivity index (χ1v) is 4.60. The minimum absolute atomic E-state index is 0.0355. The van der Waals surface area contributed by atoms with Crippen LogP contribution in [-0.4, -0.2) is 24.5 Å². The standard InChI is InChI=1S/C10H12N2O4/c1-7-5-8(11-6-10(13)16-2)3-4-9(7)12(14)15/h3-5,11H,6H2,1-2H3. The lowest BCUT2D eigenvalue weighted by atomic mass is 10.2. The number of anilines is 1. The summed E-state index contributed by atoms with van der Waals surface area (Å²) >= 11 is 0. The molecule has 1 aromatic carbocycles. The fourth-order valence-corrected chi connectivity index (χ4v) is 1.22. The third-order valence-electron chi connectivity index (χ3n) is 2.06. The van der Waals surface area contributed by atoms with Crippen LogP contribution in [-0.2, 0) is 9.53 Å². The third-order valence-corrected chi connectivity index (χ3v) is 2.06. The van der Waals surface area contributed by atoms with Crippen molar-refractivity contribution in [3.05, 3.63) is 33.9 Å². The van der Waals surface area contributed by atoms with Crippen LogP contribution in [0.2, 0.25) is 0 Å². The summed E-state index contributed by atoms with van der Waals surface area (Å²) in [7, 11) is 1.30. The Morgan fingerprint density at radius 1 is 1.56 bits per heavy atom. The summed E-state index contributed by atoms with van der Waals surface area (Å²) in [5.74, 6) is -0.393. The van der Waals surface area contributed by atoms with E-state index in [0.717, 1.165) is 0 Å². The highest BCUT2D eigenvalue weighted by atomic mass is 16.6. The fourth-order valence-electron chi connectivity index (χ4n) is 1.22. The maximum atomic E-state index is 10.9. The Labute approximate surface area is 92.4 Å². The molecule has 86 valence electrons. The maximum Gasteiger partial charge on any atom is 0.325 e. The monoisotopic (exact) mass is 224 g/mol. The number of carbonyl (C=O) groups excluding carboxylic acids is 1. The first-order valence-electron chi connectivity index (χ1n) is 4.60. The largest absolute Gasteiger partial charge is 0.468 e. The molecule has 1 rings (SSSR count). The topological polar surface area (TPSA) is 81.5 Å². The van der Waals surface area contributed by atoms with Crippen LogP contribution >= 0.6 is 0 Å². The minimum atomic E-state index is -0.445. The van der Waals surface area contributed by atoms with Crippen molar-refractivity contribution in [2.75, 3.05) is 19.0 Å². The predicted molar refractivity (Wildman–Crippen MR) is 58.3 cm³/mol. The lowest BCUT2D eigenvalue weighted by Crippen LogP contribution is -2.14. The summed E-state index contributed by atoms with van der Waals surface area (Å²) in [6, 6.07) is 4.56. The van der Waals surface area contributed by atoms with Crippen molar-refractivity contribution in [1.82, 2.24) is 0 Å². The van der Waals surface area contributed by atoms with Gasteiger partial charge in [-0.25, -0.2) is 0 Å². The quantitative estimate of drug-likeness (QED) is 0.476. The number of carbonyl (C=O) groups is 1. The second-order valence-electron chi connectivity index (χ2n) is 3.19. The molecule has 0 spiro atoms. The molecule has 0 aromatic heterocycles. The Bertz CT molecular complexity index is 417. The van der Waals surface area contributed by atoms with Crippen molar-refractivity contribution >= 4 is 17.3 Å². The molecule has 0 saturated carbocycles. The molecule has 0 aliphatic rings. The lowest BCUT2D eigenvalue weighted by Gasteiger charge is -2.05. The van der Waals surface area contributed by atoms with Gasteiger partial charge in [0.25, 0.3) is 5.69 Å². The SMILES string of the molecule is COC(=O)CNc1ccc([N+](=O)[O-])c(C)c1. The molecule has 0 aliphatic carbocycles. The Morgan fingerprint density at radius 2 is 2.25 bits per heavy atom. The van der Waals surface area contributed by atoms with Crippen LogP contribution in [0.5, 0.6) is 0 Å². The molecule has 0 saturated heterocycles. The molecule has 16 heavy (non-hydrogen) atoms. The number of hydrogen-bond acceptors (Lipinski definition) is 5. The molecule has 0 atom stereocenters. The van der Waals surface area contributed by atoms with E-state index < -0.39 is 10.9 Å². The first kappa shape index (κ1) is 12.0. The normalized spacial score (nSPS) is 9.62. The van der Waals surface area contributed by atoms with Gasteiger partial charge in [-0.2, -0.15) is 0 Å². The second kappa shape index (κ2) is 5.11. The van der Waals surface area contributed by atoms with Gasteiger partial charge < -0.3 is 10.1 Å². The molecule has 0 aliphatic heterocycles. The highest BCUT2D eigenvalue weighted by Crippen LogP contribution is 2.21. The fraction of sp³-hybridized carbons (Fsp3) is 0.300. The van der Waals surface area contributed by atoms with Crippen LogP contribution < -0.4 is 5.32 Å². The number of rotatable bonds is 4. The molecule has 0 bridgehead atoms. The number of nitrogens with one attached hydrogen (secondary N) is 1. The number of nitro groups is 1. The maximum absolute atomic E-state index is 10.9. The number of hydrogen-bond donors (Lipinski definition) is 1. The van der Waals surface area contributed by atoms with Gasteiger partial charge in [-0.15, -0.1) is 0 Å². The molecule has 0 radical (unpaired) electrons. The van der Waals surface area contributed by atoms with Gasteiger partial charge >= 0.3 is 5.97 Å². The molecular weight excluding hydrogens is 212 g/mol. The lowest BCUT2D eigenvalue weighted by molar-refractivity contribution is -0.385. The van der Waals surface area contributed by atoms with E-state index in [4.69, 9.17) is 0 Å². The number of methoxy groups -OCH3 is 1. The number of benzene rings is 1. The van der Waals surface area contributed by atoms with Crippen molar-refractivity contribution in [2.45, 2.75) is 6.92 Å². The van der Waals surface area contributed by atoms with Crippen LogP contribution in [0, 0.1) is 17.0 Å². The summed E-state index contributed by atoms with van der Waals surface area (Å²) in [5, 5.41) is 13.4. The van der Waals surface area contributed by atoms with Gasteiger partial charge in [0, 0.05) is 17.3 Å². The minimum Gasteiger partial charge on any atom is -0.468 e.